The molecule has 0 saturated heterocycles. The van der Waals surface area contributed by atoms with Crippen LogP contribution >= 0.6 is 0 Å². The van der Waals surface area contributed by atoms with Crippen LogP contribution in [0.1, 0.15) is 19.5 Å². The fourth-order valence-corrected chi connectivity index (χ4v) is 4.03. The van der Waals surface area contributed by atoms with Crippen LogP contribution in [0, 0.1) is 10.1 Å². The SMILES string of the molecule is CCN(CC)S(=O)(=O)c1cc([N+](=O)[O-])ccc1N/N=C/c1cccn1C. The lowest BCUT2D eigenvalue weighted by atomic mass is 10.3. The van der Waals surface area contributed by atoms with Crippen molar-refractivity contribution in [2.24, 2.45) is 12.1 Å². The van der Waals surface area contributed by atoms with Crippen molar-refractivity contribution in [2.75, 3.05) is 18.5 Å². The van der Waals surface area contributed by atoms with Gasteiger partial charge >= 0.3 is 0 Å². The predicted molar refractivity (Wildman–Crippen MR) is 99.8 cm³/mol. The summed E-state index contributed by atoms with van der Waals surface area (Å²) >= 11 is 0. The van der Waals surface area contributed by atoms with Gasteiger partial charge in [0.1, 0.15) is 4.90 Å². The Bertz CT molecular complexity index is 916. The van der Waals surface area contributed by atoms with E-state index in [0.29, 0.717) is 0 Å². The predicted octanol–water partition coefficient (Wildman–Crippen LogP) is 2.41. The average Bonchev–Trinajstić information content (AvgIpc) is 3.00. The standard InChI is InChI=1S/C16H21N5O4S/c1-4-20(5-2)26(24,25)16-11-13(21(22)23)8-9-15(16)18-17-12-14-7-6-10-19(14)3/h6-12,18H,4-5H2,1-3H3/b17-12+. The van der Waals surface area contributed by atoms with Gasteiger partial charge in [0.25, 0.3) is 5.69 Å². The van der Waals surface area contributed by atoms with Crippen LogP contribution in [0.25, 0.3) is 0 Å². The number of nitrogens with zero attached hydrogens (tertiary/aromatic N) is 4. The van der Waals surface area contributed by atoms with Gasteiger partial charge in [-0.05, 0) is 18.2 Å². The van der Waals surface area contributed by atoms with E-state index < -0.39 is 14.9 Å². The van der Waals surface area contributed by atoms with E-state index in [1.54, 1.807) is 13.8 Å². The number of hydrazone groups is 1. The van der Waals surface area contributed by atoms with E-state index >= 15 is 0 Å². The van der Waals surface area contributed by atoms with Gasteiger partial charge in [0.15, 0.2) is 0 Å². The molecule has 2 aromatic rings. The van der Waals surface area contributed by atoms with Crippen molar-refractivity contribution in [3.63, 3.8) is 0 Å². The molecule has 0 aliphatic carbocycles. The molecular weight excluding hydrogens is 358 g/mol. The number of sulfonamides is 1. The molecule has 1 heterocycles. The van der Waals surface area contributed by atoms with E-state index in [9.17, 15) is 18.5 Å². The monoisotopic (exact) mass is 379 g/mol. The zero-order valence-corrected chi connectivity index (χ0v) is 15.6. The minimum absolute atomic E-state index is 0.174. The van der Waals surface area contributed by atoms with E-state index in [1.165, 1.54) is 22.7 Å². The number of rotatable bonds is 8. The topological polar surface area (TPSA) is 110 Å². The summed E-state index contributed by atoms with van der Waals surface area (Å²) in [7, 11) is -2.04. The lowest BCUT2D eigenvalue weighted by Crippen LogP contribution is -2.31. The zero-order valence-electron chi connectivity index (χ0n) is 14.8. The van der Waals surface area contributed by atoms with E-state index in [0.717, 1.165) is 11.8 Å². The van der Waals surface area contributed by atoms with E-state index in [2.05, 4.69) is 10.5 Å². The van der Waals surface area contributed by atoms with Gasteiger partial charge in [-0.15, -0.1) is 0 Å². The van der Waals surface area contributed by atoms with Crippen LogP contribution in [0.15, 0.2) is 46.5 Å². The van der Waals surface area contributed by atoms with Gasteiger partial charge in [-0.3, -0.25) is 15.5 Å². The van der Waals surface area contributed by atoms with Crippen molar-refractivity contribution in [1.82, 2.24) is 8.87 Å². The van der Waals surface area contributed by atoms with Crippen LogP contribution in [0.2, 0.25) is 0 Å². The van der Waals surface area contributed by atoms with Crippen molar-refractivity contribution in [3.05, 3.63) is 52.3 Å². The lowest BCUT2D eigenvalue weighted by Gasteiger charge is -2.20. The van der Waals surface area contributed by atoms with Crippen molar-refractivity contribution in [2.45, 2.75) is 18.7 Å². The minimum Gasteiger partial charge on any atom is -0.350 e. The summed E-state index contributed by atoms with van der Waals surface area (Å²) in [5, 5.41) is 15.1. The van der Waals surface area contributed by atoms with Crippen LogP contribution in [-0.2, 0) is 17.1 Å². The third kappa shape index (κ3) is 4.09. The van der Waals surface area contributed by atoms with Crippen molar-refractivity contribution < 1.29 is 13.3 Å². The fraction of sp³-hybridized carbons (Fsp3) is 0.312. The number of non-ortho nitro benzene ring substituents is 1. The van der Waals surface area contributed by atoms with Crippen LogP contribution in [0.5, 0.6) is 0 Å². The first-order chi connectivity index (χ1) is 12.3. The number of aromatic nitrogens is 1. The van der Waals surface area contributed by atoms with Crippen molar-refractivity contribution in [3.8, 4) is 0 Å². The molecule has 0 atom stereocenters. The van der Waals surface area contributed by atoms with E-state index in [1.807, 2.05) is 29.9 Å². The molecular formula is C16H21N5O4S. The second-order valence-corrected chi connectivity index (χ2v) is 7.35. The molecule has 1 aromatic heterocycles. The second kappa shape index (κ2) is 8.11. The van der Waals surface area contributed by atoms with Crippen LogP contribution in [-0.4, -0.2) is 41.5 Å². The van der Waals surface area contributed by atoms with Gasteiger partial charge in [0.05, 0.1) is 22.5 Å². The van der Waals surface area contributed by atoms with Gasteiger partial charge in [-0.25, -0.2) is 8.42 Å². The zero-order chi connectivity index (χ0) is 19.3. The largest absolute Gasteiger partial charge is 0.350 e. The molecule has 2 rings (SSSR count). The first kappa shape index (κ1) is 19.6. The molecule has 0 unspecified atom stereocenters. The number of aryl methyl sites for hydroxylation is 1. The van der Waals surface area contributed by atoms with Crippen LogP contribution in [0.4, 0.5) is 11.4 Å². The highest BCUT2D eigenvalue weighted by Gasteiger charge is 2.27. The molecule has 1 aromatic carbocycles. The number of nitro benzene ring substituents is 1. The molecule has 0 aliphatic rings. The summed E-state index contributed by atoms with van der Waals surface area (Å²) < 4.78 is 28.8. The molecule has 10 heteroatoms. The maximum absolute atomic E-state index is 12.8. The Labute approximate surface area is 152 Å². The summed E-state index contributed by atoms with van der Waals surface area (Å²) in [5.74, 6) is 0. The Morgan fingerprint density at radius 3 is 2.54 bits per heavy atom. The minimum atomic E-state index is -3.89. The summed E-state index contributed by atoms with van der Waals surface area (Å²) in [6.07, 6.45) is 3.39. The number of nitro groups is 1. The Morgan fingerprint density at radius 1 is 1.31 bits per heavy atom. The molecule has 0 spiro atoms. The Hall–Kier alpha value is -2.72. The maximum atomic E-state index is 12.8. The molecule has 26 heavy (non-hydrogen) atoms. The van der Waals surface area contributed by atoms with Gasteiger partial charge in [-0.1, -0.05) is 13.8 Å². The Kier molecular flexibility index (Phi) is 6.11. The van der Waals surface area contributed by atoms with E-state index in [4.69, 9.17) is 0 Å². The third-order valence-corrected chi connectivity index (χ3v) is 5.95. The average molecular weight is 379 g/mol. The quantitative estimate of drug-likeness (QED) is 0.430. The normalized spacial score (nSPS) is 12.0. The van der Waals surface area contributed by atoms with Gasteiger partial charge < -0.3 is 4.57 Å². The van der Waals surface area contributed by atoms with Gasteiger partial charge in [0, 0.05) is 38.5 Å². The first-order valence-corrected chi connectivity index (χ1v) is 9.44. The summed E-state index contributed by atoms with van der Waals surface area (Å²) in [4.78, 5) is 10.2. The number of anilines is 1. The summed E-state index contributed by atoms with van der Waals surface area (Å²) in [6.45, 7) is 3.93. The molecule has 0 radical (unpaired) electrons. The third-order valence-electron chi connectivity index (χ3n) is 3.87. The van der Waals surface area contributed by atoms with Crippen LogP contribution in [0.3, 0.4) is 0 Å². The second-order valence-electron chi connectivity index (χ2n) is 5.44. The van der Waals surface area contributed by atoms with Crippen LogP contribution < -0.4 is 5.43 Å². The maximum Gasteiger partial charge on any atom is 0.270 e. The molecule has 1 N–H and O–H groups in total. The number of benzene rings is 1. The molecule has 0 fully saturated rings. The van der Waals surface area contributed by atoms with E-state index in [-0.39, 0.29) is 29.4 Å². The first-order valence-electron chi connectivity index (χ1n) is 8.00. The molecule has 9 nitrogen and oxygen atoms in total. The molecule has 0 amide bonds. The highest BCUT2D eigenvalue weighted by molar-refractivity contribution is 7.89. The van der Waals surface area contributed by atoms with Gasteiger partial charge in [0.2, 0.25) is 10.0 Å². The molecule has 0 bridgehead atoms. The van der Waals surface area contributed by atoms with Crippen molar-refractivity contribution in [1.29, 1.82) is 0 Å². The van der Waals surface area contributed by atoms with Gasteiger partial charge in [-0.2, -0.15) is 9.41 Å². The number of nitrogens with one attached hydrogen (secondary N) is 1. The smallest absolute Gasteiger partial charge is 0.270 e. The molecule has 0 saturated carbocycles. The Balaban J connectivity index is 2.44. The fourth-order valence-electron chi connectivity index (χ4n) is 2.41. The molecule has 0 aliphatic heterocycles. The summed E-state index contributed by atoms with van der Waals surface area (Å²) in [6, 6.07) is 7.32. The highest BCUT2D eigenvalue weighted by Crippen LogP contribution is 2.29. The lowest BCUT2D eigenvalue weighted by molar-refractivity contribution is -0.385. The number of hydrogen-bond donors (Lipinski definition) is 1. The summed E-state index contributed by atoms with van der Waals surface area (Å²) in [5.41, 5.74) is 3.37. The highest BCUT2D eigenvalue weighted by atomic mass is 32.2. The molecule has 140 valence electrons. The Morgan fingerprint density at radius 2 is 2.00 bits per heavy atom. The van der Waals surface area contributed by atoms with Crippen molar-refractivity contribution >= 4 is 27.6 Å². The number of hydrogen-bond acceptors (Lipinski definition) is 6.